The zero-order chi connectivity index (χ0) is 13.4. The van der Waals surface area contributed by atoms with Crippen LogP contribution < -0.4 is 0 Å². The fraction of sp³-hybridized carbons (Fsp3) is 0.467. The lowest BCUT2D eigenvalue weighted by Gasteiger charge is -2.37. The Labute approximate surface area is 112 Å². The Morgan fingerprint density at radius 2 is 1.79 bits per heavy atom. The molecule has 2 fully saturated rings. The summed E-state index contributed by atoms with van der Waals surface area (Å²) in [5.74, 6) is 0.431. The summed E-state index contributed by atoms with van der Waals surface area (Å²) in [6, 6.07) is 10.2. The van der Waals surface area contributed by atoms with Gasteiger partial charge < -0.3 is 10.0 Å². The van der Waals surface area contributed by atoms with Crippen LogP contribution in [0.2, 0.25) is 0 Å². The lowest BCUT2D eigenvalue weighted by atomic mass is 9.85. The molecule has 2 saturated heterocycles. The average Bonchev–Trinajstić information content (AvgIpc) is 2.70. The molecule has 98 valence electrons. The average molecular weight is 256 g/mol. The third-order valence-corrected chi connectivity index (χ3v) is 4.47. The van der Waals surface area contributed by atoms with E-state index in [0.29, 0.717) is 11.5 Å². The molecule has 19 heavy (non-hydrogen) atoms. The van der Waals surface area contributed by atoms with E-state index in [1.807, 2.05) is 24.3 Å². The molecule has 0 aromatic heterocycles. The van der Waals surface area contributed by atoms with Crippen molar-refractivity contribution in [1.29, 1.82) is 5.26 Å². The Hall–Kier alpha value is -2.02. The standard InChI is InChI=1S/C15H16N2O2/c16-9-10-1-3-11(4-2-10)12-7-13-5-6-14(8-12)17(13)15(18)19/h1-4,12-14H,5-8H2,(H,18,19)/t12-,13+,14-. The molecule has 2 aliphatic heterocycles. The summed E-state index contributed by atoms with van der Waals surface area (Å²) in [5, 5.41) is 18.0. The molecular formula is C15H16N2O2. The van der Waals surface area contributed by atoms with E-state index < -0.39 is 6.09 Å². The first-order valence-electron chi connectivity index (χ1n) is 6.70. The van der Waals surface area contributed by atoms with Crippen molar-refractivity contribution < 1.29 is 9.90 Å². The van der Waals surface area contributed by atoms with Crippen LogP contribution in [0, 0.1) is 11.3 Å². The Morgan fingerprint density at radius 1 is 1.21 bits per heavy atom. The highest BCUT2D eigenvalue weighted by atomic mass is 16.4. The van der Waals surface area contributed by atoms with Gasteiger partial charge in [-0.25, -0.2) is 4.79 Å². The molecule has 0 radical (unpaired) electrons. The quantitative estimate of drug-likeness (QED) is 0.840. The maximum Gasteiger partial charge on any atom is 0.407 e. The molecule has 0 unspecified atom stereocenters. The maximum absolute atomic E-state index is 11.2. The highest BCUT2D eigenvalue weighted by molar-refractivity contribution is 5.66. The van der Waals surface area contributed by atoms with E-state index in [0.717, 1.165) is 25.7 Å². The number of rotatable bonds is 1. The molecule has 1 aromatic rings. The Balaban J connectivity index is 1.79. The third kappa shape index (κ3) is 2.06. The molecule has 3 atom stereocenters. The number of hydrogen-bond donors (Lipinski definition) is 1. The second kappa shape index (κ2) is 4.58. The molecule has 4 nitrogen and oxygen atoms in total. The van der Waals surface area contributed by atoms with Crippen molar-refractivity contribution in [3.63, 3.8) is 0 Å². The predicted octanol–water partition coefficient (Wildman–Crippen LogP) is 2.95. The molecule has 0 saturated carbocycles. The number of nitrogens with zero attached hydrogens (tertiary/aromatic N) is 2. The normalized spacial score (nSPS) is 29.0. The minimum Gasteiger partial charge on any atom is -0.465 e. The van der Waals surface area contributed by atoms with E-state index in [9.17, 15) is 9.90 Å². The van der Waals surface area contributed by atoms with E-state index in [1.165, 1.54) is 5.56 Å². The van der Waals surface area contributed by atoms with E-state index in [4.69, 9.17) is 5.26 Å². The molecule has 1 amide bonds. The molecule has 3 rings (SSSR count). The second-order valence-electron chi connectivity index (χ2n) is 5.48. The second-order valence-corrected chi connectivity index (χ2v) is 5.48. The van der Waals surface area contributed by atoms with Crippen LogP contribution >= 0.6 is 0 Å². The number of piperidine rings is 1. The Kier molecular flexibility index (Phi) is 2.90. The molecule has 2 bridgehead atoms. The summed E-state index contributed by atoms with van der Waals surface area (Å²) in [6.07, 6.45) is 3.03. The van der Waals surface area contributed by atoms with Crippen LogP contribution in [0.3, 0.4) is 0 Å². The molecule has 1 aromatic carbocycles. The van der Waals surface area contributed by atoms with Gasteiger partial charge in [0, 0.05) is 12.1 Å². The summed E-state index contributed by atoms with van der Waals surface area (Å²) in [7, 11) is 0. The van der Waals surface area contributed by atoms with E-state index in [1.54, 1.807) is 4.90 Å². The smallest absolute Gasteiger partial charge is 0.407 e. The fourth-order valence-corrected chi connectivity index (χ4v) is 3.59. The van der Waals surface area contributed by atoms with Crippen molar-refractivity contribution in [2.24, 2.45) is 0 Å². The number of amides is 1. The molecule has 2 aliphatic rings. The van der Waals surface area contributed by atoms with Gasteiger partial charge in [-0.05, 0) is 49.3 Å². The van der Waals surface area contributed by atoms with Crippen molar-refractivity contribution in [1.82, 2.24) is 4.90 Å². The molecule has 4 heteroatoms. The summed E-state index contributed by atoms with van der Waals surface area (Å²) in [5.41, 5.74) is 1.91. The Bertz CT molecular complexity index is 518. The van der Waals surface area contributed by atoms with Gasteiger partial charge in [-0.15, -0.1) is 0 Å². The Morgan fingerprint density at radius 3 is 2.26 bits per heavy atom. The van der Waals surface area contributed by atoms with Gasteiger partial charge in [0.1, 0.15) is 0 Å². The molecule has 2 heterocycles. The zero-order valence-electron chi connectivity index (χ0n) is 10.6. The summed E-state index contributed by atoms with van der Waals surface area (Å²) in [4.78, 5) is 12.9. The van der Waals surface area contributed by atoms with Gasteiger partial charge in [0.2, 0.25) is 0 Å². The summed E-state index contributed by atoms with van der Waals surface area (Å²) < 4.78 is 0. The minimum absolute atomic E-state index is 0.178. The SMILES string of the molecule is N#Cc1ccc([C@H]2C[C@H]3CC[C@@H](C2)N3C(=O)O)cc1. The van der Waals surface area contributed by atoms with Gasteiger partial charge in [-0.2, -0.15) is 5.26 Å². The van der Waals surface area contributed by atoms with Crippen molar-refractivity contribution in [3.8, 4) is 6.07 Å². The monoisotopic (exact) mass is 256 g/mol. The summed E-state index contributed by atoms with van der Waals surface area (Å²) in [6.45, 7) is 0. The van der Waals surface area contributed by atoms with Gasteiger partial charge >= 0.3 is 6.09 Å². The van der Waals surface area contributed by atoms with Crippen molar-refractivity contribution in [2.75, 3.05) is 0 Å². The third-order valence-electron chi connectivity index (χ3n) is 4.47. The summed E-state index contributed by atoms with van der Waals surface area (Å²) >= 11 is 0. The number of carboxylic acid groups (broad SMARTS) is 1. The van der Waals surface area contributed by atoms with Crippen LogP contribution in [0.1, 0.15) is 42.7 Å². The fourth-order valence-electron chi connectivity index (χ4n) is 3.59. The first-order valence-corrected chi connectivity index (χ1v) is 6.70. The number of carbonyl (C=O) groups is 1. The van der Waals surface area contributed by atoms with E-state index >= 15 is 0 Å². The van der Waals surface area contributed by atoms with Gasteiger partial charge in [0.05, 0.1) is 11.6 Å². The van der Waals surface area contributed by atoms with Crippen LogP contribution in [0.15, 0.2) is 24.3 Å². The van der Waals surface area contributed by atoms with Gasteiger partial charge in [-0.1, -0.05) is 12.1 Å². The molecule has 0 spiro atoms. The predicted molar refractivity (Wildman–Crippen MR) is 69.8 cm³/mol. The van der Waals surface area contributed by atoms with Gasteiger partial charge in [-0.3, -0.25) is 0 Å². The topological polar surface area (TPSA) is 64.3 Å². The van der Waals surface area contributed by atoms with Crippen LogP contribution in [0.4, 0.5) is 4.79 Å². The highest BCUT2D eigenvalue weighted by Gasteiger charge is 2.43. The van der Waals surface area contributed by atoms with Crippen molar-refractivity contribution in [3.05, 3.63) is 35.4 Å². The van der Waals surface area contributed by atoms with Gasteiger partial charge in [0.15, 0.2) is 0 Å². The van der Waals surface area contributed by atoms with Crippen molar-refractivity contribution in [2.45, 2.75) is 43.7 Å². The maximum atomic E-state index is 11.2. The first-order chi connectivity index (χ1) is 9.19. The number of fused-ring (bicyclic) bond motifs is 2. The van der Waals surface area contributed by atoms with Crippen LogP contribution in [0.25, 0.3) is 0 Å². The van der Waals surface area contributed by atoms with E-state index in [-0.39, 0.29) is 12.1 Å². The minimum atomic E-state index is -0.772. The van der Waals surface area contributed by atoms with Crippen LogP contribution in [-0.2, 0) is 0 Å². The lowest BCUT2D eigenvalue weighted by Crippen LogP contribution is -2.45. The van der Waals surface area contributed by atoms with E-state index in [2.05, 4.69) is 6.07 Å². The largest absolute Gasteiger partial charge is 0.465 e. The first kappa shape index (κ1) is 12.0. The van der Waals surface area contributed by atoms with Crippen LogP contribution in [0.5, 0.6) is 0 Å². The van der Waals surface area contributed by atoms with Crippen molar-refractivity contribution >= 4 is 6.09 Å². The number of nitriles is 1. The lowest BCUT2D eigenvalue weighted by molar-refractivity contribution is 0.0965. The van der Waals surface area contributed by atoms with Crippen LogP contribution in [-0.4, -0.2) is 28.2 Å². The highest BCUT2D eigenvalue weighted by Crippen LogP contribution is 2.42. The molecular weight excluding hydrogens is 240 g/mol. The molecule has 0 aliphatic carbocycles. The zero-order valence-corrected chi connectivity index (χ0v) is 10.6. The number of benzene rings is 1. The van der Waals surface area contributed by atoms with Gasteiger partial charge in [0.25, 0.3) is 0 Å². The molecule has 1 N–H and O–H groups in total. The number of hydrogen-bond acceptors (Lipinski definition) is 2.